The minimum absolute atomic E-state index is 0.0423. The lowest BCUT2D eigenvalue weighted by Gasteiger charge is -2.26. The first-order chi connectivity index (χ1) is 13.4. The molecule has 0 aromatic carbocycles. The number of hydrogen-bond donors (Lipinski definition) is 2. The number of rotatable bonds is 7. The second kappa shape index (κ2) is 10.4. The molecule has 0 aromatic rings. The second-order valence-corrected chi connectivity index (χ2v) is 7.78. The van der Waals surface area contributed by atoms with Crippen LogP contribution in [0.1, 0.15) is 19.3 Å². The van der Waals surface area contributed by atoms with Gasteiger partial charge in [-0.1, -0.05) is 25.3 Å². The van der Waals surface area contributed by atoms with Crippen LogP contribution in [0.25, 0.3) is 0 Å². The Labute approximate surface area is 171 Å². The molecule has 2 aliphatic rings. The summed E-state index contributed by atoms with van der Waals surface area (Å²) in [4.78, 5) is 40.0. The molecule has 0 spiro atoms. The van der Waals surface area contributed by atoms with Gasteiger partial charge in [0.25, 0.3) is 0 Å². The van der Waals surface area contributed by atoms with Crippen LogP contribution in [0, 0.1) is 5.92 Å². The Morgan fingerprint density at radius 2 is 1.68 bits per heavy atom. The van der Waals surface area contributed by atoms with Gasteiger partial charge in [0, 0.05) is 31.4 Å². The molecule has 2 unspecified atom stereocenters. The van der Waals surface area contributed by atoms with E-state index in [9.17, 15) is 14.4 Å². The SMILES string of the molecule is C=CCOC(=O)N1CC(C[C@@H]2C[C@H](S)CN2C(=O)OCC=C)CC1C(=O)NC. The molecule has 2 aliphatic heterocycles. The van der Waals surface area contributed by atoms with Gasteiger partial charge in [-0.05, 0) is 25.2 Å². The summed E-state index contributed by atoms with van der Waals surface area (Å²) in [6.07, 6.45) is 4.03. The average Bonchev–Trinajstić information content (AvgIpc) is 3.27. The molecule has 2 rings (SSSR count). The van der Waals surface area contributed by atoms with Crippen LogP contribution in [-0.4, -0.2) is 78.6 Å². The summed E-state index contributed by atoms with van der Waals surface area (Å²) in [6.45, 7) is 8.24. The maximum absolute atomic E-state index is 12.3. The van der Waals surface area contributed by atoms with E-state index in [1.807, 2.05) is 0 Å². The fourth-order valence-corrected chi connectivity index (χ4v) is 4.28. The van der Waals surface area contributed by atoms with Crippen molar-refractivity contribution >= 4 is 30.7 Å². The molecule has 0 bridgehead atoms. The Morgan fingerprint density at radius 3 is 2.25 bits per heavy atom. The normalized spacial score (nSPS) is 26.6. The average molecular weight is 412 g/mol. The zero-order valence-electron chi connectivity index (χ0n) is 16.2. The fraction of sp³-hybridized carbons (Fsp3) is 0.632. The van der Waals surface area contributed by atoms with Gasteiger partial charge in [0.1, 0.15) is 19.3 Å². The lowest BCUT2D eigenvalue weighted by Crippen LogP contribution is -2.45. The first-order valence-corrected chi connectivity index (χ1v) is 9.91. The third kappa shape index (κ3) is 5.43. The Bertz CT molecular complexity index is 614. The van der Waals surface area contributed by atoms with Crippen LogP contribution in [0.3, 0.4) is 0 Å². The van der Waals surface area contributed by atoms with Gasteiger partial charge in [0.2, 0.25) is 5.91 Å². The molecule has 9 heteroatoms. The summed E-state index contributed by atoms with van der Waals surface area (Å²) < 4.78 is 10.3. The number of amides is 3. The number of hydrogen-bond acceptors (Lipinski definition) is 6. The monoisotopic (exact) mass is 411 g/mol. The molecule has 156 valence electrons. The van der Waals surface area contributed by atoms with Gasteiger partial charge >= 0.3 is 12.2 Å². The predicted octanol–water partition coefficient (Wildman–Crippen LogP) is 1.83. The van der Waals surface area contributed by atoms with E-state index in [0.29, 0.717) is 25.9 Å². The van der Waals surface area contributed by atoms with Crippen LogP contribution in [0.15, 0.2) is 25.3 Å². The van der Waals surface area contributed by atoms with Crippen molar-refractivity contribution < 1.29 is 23.9 Å². The van der Waals surface area contributed by atoms with E-state index in [1.165, 1.54) is 17.1 Å². The molecule has 2 heterocycles. The van der Waals surface area contributed by atoms with E-state index in [1.54, 1.807) is 11.9 Å². The molecule has 1 N–H and O–H groups in total. The van der Waals surface area contributed by atoms with Crippen LogP contribution < -0.4 is 5.32 Å². The quantitative estimate of drug-likeness (QED) is 0.493. The Kier molecular flexibility index (Phi) is 8.22. The van der Waals surface area contributed by atoms with Crippen molar-refractivity contribution in [1.82, 2.24) is 15.1 Å². The molecule has 3 amide bonds. The zero-order valence-corrected chi connectivity index (χ0v) is 17.1. The summed E-state index contributed by atoms with van der Waals surface area (Å²) >= 11 is 4.52. The van der Waals surface area contributed by atoms with Crippen molar-refractivity contribution in [1.29, 1.82) is 0 Å². The van der Waals surface area contributed by atoms with Crippen molar-refractivity contribution in [3.05, 3.63) is 25.3 Å². The van der Waals surface area contributed by atoms with Crippen molar-refractivity contribution in [3.8, 4) is 0 Å². The third-order valence-electron chi connectivity index (χ3n) is 5.05. The summed E-state index contributed by atoms with van der Waals surface area (Å²) in [5, 5.41) is 2.68. The number of likely N-dealkylation sites (N-methyl/N-ethyl adjacent to an activating group) is 1. The maximum Gasteiger partial charge on any atom is 0.410 e. The number of carbonyl (C=O) groups is 3. The molecular weight excluding hydrogens is 382 g/mol. The van der Waals surface area contributed by atoms with E-state index in [-0.39, 0.29) is 42.4 Å². The number of thiol groups is 1. The van der Waals surface area contributed by atoms with Gasteiger partial charge in [-0.3, -0.25) is 9.69 Å². The van der Waals surface area contributed by atoms with E-state index in [4.69, 9.17) is 9.47 Å². The predicted molar refractivity (Wildman–Crippen MR) is 108 cm³/mol. The minimum atomic E-state index is -0.582. The topological polar surface area (TPSA) is 88.2 Å². The molecule has 0 aliphatic carbocycles. The highest BCUT2D eigenvalue weighted by Crippen LogP contribution is 2.33. The van der Waals surface area contributed by atoms with Gasteiger partial charge in [-0.25, -0.2) is 9.59 Å². The van der Waals surface area contributed by atoms with E-state index in [0.717, 1.165) is 6.42 Å². The van der Waals surface area contributed by atoms with Crippen molar-refractivity contribution in [2.45, 2.75) is 36.6 Å². The summed E-state index contributed by atoms with van der Waals surface area (Å²) in [6, 6.07) is -0.624. The van der Waals surface area contributed by atoms with Gasteiger partial charge in [0.15, 0.2) is 0 Å². The number of carbonyl (C=O) groups excluding carboxylic acids is 3. The first kappa shape index (κ1) is 22.1. The molecule has 4 atom stereocenters. The Morgan fingerprint density at radius 1 is 1.07 bits per heavy atom. The van der Waals surface area contributed by atoms with E-state index >= 15 is 0 Å². The highest BCUT2D eigenvalue weighted by molar-refractivity contribution is 7.81. The first-order valence-electron chi connectivity index (χ1n) is 9.39. The van der Waals surface area contributed by atoms with Crippen molar-refractivity contribution in [2.24, 2.45) is 5.92 Å². The standard InChI is InChI=1S/C19H29N3O5S/c1-4-6-26-18(24)21-12-15(28)10-14(21)8-13-9-16(17(23)20-3)22(11-13)19(25)27-7-5-2/h4-5,13-16,28H,1-2,6-12H2,3H3,(H,20,23)/t13?,14-,15+,16?/m1/s1. The fourth-order valence-electron chi connectivity index (χ4n) is 3.86. The number of nitrogens with one attached hydrogen (secondary N) is 1. The van der Waals surface area contributed by atoms with Gasteiger partial charge < -0.3 is 19.7 Å². The van der Waals surface area contributed by atoms with E-state index < -0.39 is 12.1 Å². The number of likely N-dealkylation sites (tertiary alicyclic amines) is 2. The third-order valence-corrected chi connectivity index (χ3v) is 5.43. The molecule has 0 aromatic heterocycles. The van der Waals surface area contributed by atoms with Gasteiger partial charge in [0.05, 0.1) is 0 Å². The van der Waals surface area contributed by atoms with Crippen molar-refractivity contribution in [2.75, 3.05) is 33.4 Å². The van der Waals surface area contributed by atoms with E-state index in [2.05, 4.69) is 31.1 Å². The zero-order chi connectivity index (χ0) is 20.7. The van der Waals surface area contributed by atoms with Crippen LogP contribution in [-0.2, 0) is 14.3 Å². The lowest BCUT2D eigenvalue weighted by molar-refractivity contribution is -0.124. The number of ether oxygens (including phenoxy) is 2. The highest BCUT2D eigenvalue weighted by atomic mass is 32.1. The summed E-state index contributed by atoms with van der Waals surface area (Å²) in [5.74, 6) is -0.157. The second-order valence-electron chi connectivity index (χ2n) is 7.05. The molecular formula is C19H29N3O5S. The number of nitrogens with zero attached hydrogens (tertiary/aromatic N) is 2. The Hall–Kier alpha value is -2.16. The molecule has 28 heavy (non-hydrogen) atoms. The van der Waals surface area contributed by atoms with Crippen LogP contribution in [0.4, 0.5) is 9.59 Å². The minimum Gasteiger partial charge on any atom is -0.445 e. The molecule has 0 radical (unpaired) electrons. The molecule has 8 nitrogen and oxygen atoms in total. The smallest absolute Gasteiger partial charge is 0.410 e. The highest BCUT2D eigenvalue weighted by Gasteiger charge is 2.43. The molecule has 0 saturated carbocycles. The summed E-state index contributed by atoms with van der Waals surface area (Å²) in [5.41, 5.74) is 0. The van der Waals surface area contributed by atoms with Crippen LogP contribution >= 0.6 is 12.6 Å². The largest absolute Gasteiger partial charge is 0.445 e. The molecule has 2 fully saturated rings. The van der Waals surface area contributed by atoms with Crippen molar-refractivity contribution in [3.63, 3.8) is 0 Å². The molecule has 2 saturated heterocycles. The van der Waals surface area contributed by atoms with Gasteiger partial charge in [-0.15, -0.1) is 0 Å². The maximum atomic E-state index is 12.3. The van der Waals surface area contributed by atoms with Gasteiger partial charge in [-0.2, -0.15) is 12.6 Å². The lowest BCUT2D eigenvalue weighted by atomic mass is 9.95. The summed E-state index contributed by atoms with van der Waals surface area (Å²) in [7, 11) is 1.54. The Balaban J connectivity index is 2.04. The van der Waals surface area contributed by atoms with Crippen LogP contribution in [0.5, 0.6) is 0 Å². The van der Waals surface area contributed by atoms with Crippen LogP contribution in [0.2, 0.25) is 0 Å².